The molecule has 0 aromatic rings. The first kappa shape index (κ1) is 16.9. The number of carbonyl (C=O) groups excluding carboxylic acids is 2. The topological polar surface area (TPSA) is 121 Å². The van der Waals surface area contributed by atoms with E-state index in [4.69, 9.17) is 10.2 Å². The number of carbonyl (C=O) groups is 4. The Hall–Kier alpha value is -2.12. The zero-order valence-corrected chi connectivity index (χ0v) is 10.6. The van der Waals surface area contributed by atoms with Crippen LogP contribution in [0.2, 0.25) is 0 Å². The Kier molecular flexibility index (Phi) is 7.90. The number of nitrogens with zero attached hydrogens (tertiary/aromatic N) is 1. The minimum Gasteiger partial charge on any atom is -0.481 e. The van der Waals surface area contributed by atoms with Crippen molar-refractivity contribution in [1.82, 2.24) is 4.90 Å². The lowest BCUT2D eigenvalue weighted by Gasteiger charge is -2.19. The van der Waals surface area contributed by atoms with E-state index in [9.17, 15) is 19.2 Å². The van der Waals surface area contributed by atoms with E-state index in [1.807, 2.05) is 0 Å². The van der Waals surface area contributed by atoms with Crippen LogP contribution < -0.4 is 0 Å². The van der Waals surface area contributed by atoms with Gasteiger partial charge in [-0.1, -0.05) is 0 Å². The molecule has 0 aliphatic heterocycles. The van der Waals surface area contributed by atoms with Crippen molar-refractivity contribution in [2.45, 2.75) is 26.2 Å². The van der Waals surface area contributed by atoms with E-state index in [0.29, 0.717) is 0 Å². The van der Waals surface area contributed by atoms with Gasteiger partial charge in [0, 0.05) is 19.9 Å². The Balaban J connectivity index is 4.17. The Morgan fingerprint density at radius 2 is 1.68 bits per heavy atom. The lowest BCUT2D eigenvalue weighted by Crippen LogP contribution is -2.37. The Morgan fingerprint density at radius 1 is 1.05 bits per heavy atom. The molecule has 19 heavy (non-hydrogen) atoms. The van der Waals surface area contributed by atoms with Gasteiger partial charge in [-0.15, -0.1) is 0 Å². The Morgan fingerprint density at radius 3 is 2.16 bits per heavy atom. The molecular weight excluding hydrogens is 258 g/mol. The average Bonchev–Trinajstić information content (AvgIpc) is 2.28. The van der Waals surface area contributed by atoms with Gasteiger partial charge >= 0.3 is 17.9 Å². The summed E-state index contributed by atoms with van der Waals surface area (Å²) >= 11 is 0. The highest BCUT2D eigenvalue weighted by Crippen LogP contribution is 2.01. The molecule has 8 nitrogen and oxygen atoms in total. The van der Waals surface area contributed by atoms with Crippen LogP contribution in [0.4, 0.5) is 0 Å². The van der Waals surface area contributed by atoms with E-state index in [1.165, 1.54) is 6.92 Å². The summed E-state index contributed by atoms with van der Waals surface area (Å²) < 4.78 is 4.63. The number of carboxylic acid groups (broad SMARTS) is 2. The molecule has 2 N–H and O–H groups in total. The van der Waals surface area contributed by atoms with Gasteiger partial charge in [-0.05, 0) is 6.42 Å². The fraction of sp³-hybridized carbons (Fsp3) is 0.636. The SMILES string of the molecule is CC(=O)OCCCC(=O)N(CCC(=O)O)CC(=O)O. The number of ether oxygens (including phenoxy) is 1. The van der Waals surface area contributed by atoms with E-state index in [2.05, 4.69) is 4.74 Å². The average molecular weight is 275 g/mol. The van der Waals surface area contributed by atoms with Gasteiger partial charge in [0.25, 0.3) is 0 Å². The van der Waals surface area contributed by atoms with Crippen molar-refractivity contribution in [2.75, 3.05) is 19.7 Å². The number of carboxylic acids is 2. The van der Waals surface area contributed by atoms with Crippen molar-refractivity contribution in [1.29, 1.82) is 0 Å². The molecule has 0 rings (SSSR count). The number of hydrogen-bond donors (Lipinski definition) is 2. The monoisotopic (exact) mass is 275 g/mol. The second kappa shape index (κ2) is 8.90. The van der Waals surface area contributed by atoms with Gasteiger partial charge in [-0.2, -0.15) is 0 Å². The Bertz CT molecular complexity index is 353. The molecule has 0 bridgehead atoms. The smallest absolute Gasteiger partial charge is 0.323 e. The molecule has 0 spiro atoms. The number of rotatable bonds is 9. The number of amides is 1. The van der Waals surface area contributed by atoms with Crippen molar-refractivity contribution in [2.24, 2.45) is 0 Å². The van der Waals surface area contributed by atoms with E-state index in [-0.39, 0.29) is 32.4 Å². The summed E-state index contributed by atoms with van der Waals surface area (Å²) in [6.45, 7) is 0.611. The molecule has 0 aliphatic rings. The summed E-state index contributed by atoms with van der Waals surface area (Å²) in [5.41, 5.74) is 0. The predicted octanol–water partition coefficient (Wildman–Crippen LogP) is -0.282. The molecule has 1 amide bonds. The van der Waals surface area contributed by atoms with Crippen LogP contribution in [0, 0.1) is 0 Å². The number of aliphatic carboxylic acids is 2. The number of esters is 1. The molecule has 0 aliphatic carbocycles. The van der Waals surface area contributed by atoms with E-state index < -0.39 is 30.4 Å². The lowest BCUT2D eigenvalue weighted by molar-refractivity contribution is -0.146. The maximum Gasteiger partial charge on any atom is 0.323 e. The van der Waals surface area contributed by atoms with Gasteiger partial charge in [-0.3, -0.25) is 19.2 Å². The first-order chi connectivity index (χ1) is 8.82. The maximum absolute atomic E-state index is 11.7. The van der Waals surface area contributed by atoms with E-state index >= 15 is 0 Å². The molecule has 0 saturated heterocycles. The van der Waals surface area contributed by atoms with E-state index in [1.54, 1.807) is 0 Å². The van der Waals surface area contributed by atoms with Gasteiger partial charge in [-0.25, -0.2) is 0 Å². The standard InChI is InChI=1S/C11H17NO7/c1-8(13)19-6-2-3-9(14)12(7-11(17)18)5-4-10(15)16/h2-7H2,1H3,(H,15,16)(H,17,18). The van der Waals surface area contributed by atoms with Gasteiger partial charge in [0.15, 0.2) is 0 Å². The second-order valence-electron chi connectivity index (χ2n) is 3.80. The maximum atomic E-state index is 11.7. The summed E-state index contributed by atoms with van der Waals surface area (Å²) in [6, 6.07) is 0. The zero-order chi connectivity index (χ0) is 14.8. The zero-order valence-electron chi connectivity index (χ0n) is 10.6. The highest BCUT2D eigenvalue weighted by atomic mass is 16.5. The van der Waals surface area contributed by atoms with Gasteiger partial charge in [0.1, 0.15) is 6.54 Å². The van der Waals surface area contributed by atoms with Crippen LogP contribution in [-0.2, 0) is 23.9 Å². The molecule has 0 fully saturated rings. The third-order valence-corrected chi connectivity index (χ3v) is 2.11. The lowest BCUT2D eigenvalue weighted by atomic mass is 10.2. The molecule has 8 heteroatoms. The van der Waals surface area contributed by atoms with Crippen LogP contribution in [0.25, 0.3) is 0 Å². The summed E-state index contributed by atoms with van der Waals surface area (Å²) in [4.78, 5) is 44.1. The first-order valence-electron chi connectivity index (χ1n) is 5.67. The summed E-state index contributed by atoms with van der Waals surface area (Å²) in [5, 5.41) is 17.1. The summed E-state index contributed by atoms with van der Waals surface area (Å²) in [6.07, 6.45) is -0.0508. The molecule has 0 atom stereocenters. The highest BCUT2D eigenvalue weighted by molar-refractivity contribution is 5.81. The normalized spacial score (nSPS) is 9.74. The second-order valence-corrected chi connectivity index (χ2v) is 3.80. The first-order valence-corrected chi connectivity index (χ1v) is 5.67. The molecule has 0 radical (unpaired) electrons. The van der Waals surface area contributed by atoms with Crippen LogP contribution in [-0.4, -0.2) is 58.6 Å². The van der Waals surface area contributed by atoms with Crippen LogP contribution in [0.5, 0.6) is 0 Å². The van der Waals surface area contributed by atoms with Gasteiger partial charge < -0.3 is 19.8 Å². The summed E-state index contributed by atoms with van der Waals surface area (Å²) in [5.74, 6) is -3.25. The van der Waals surface area contributed by atoms with Crippen molar-refractivity contribution in [3.05, 3.63) is 0 Å². The van der Waals surface area contributed by atoms with Crippen LogP contribution in [0.1, 0.15) is 26.2 Å². The quantitative estimate of drug-likeness (QED) is 0.438. The van der Waals surface area contributed by atoms with Gasteiger partial charge in [0.05, 0.1) is 13.0 Å². The van der Waals surface area contributed by atoms with Crippen molar-refractivity contribution < 1.29 is 34.1 Å². The molecule has 108 valence electrons. The summed E-state index contributed by atoms with van der Waals surface area (Å²) in [7, 11) is 0. The van der Waals surface area contributed by atoms with E-state index in [0.717, 1.165) is 4.90 Å². The minimum absolute atomic E-state index is 0.000178. The molecule has 0 saturated carbocycles. The van der Waals surface area contributed by atoms with Crippen molar-refractivity contribution >= 4 is 23.8 Å². The minimum atomic E-state index is -1.21. The third kappa shape index (κ3) is 9.57. The third-order valence-electron chi connectivity index (χ3n) is 2.11. The fourth-order valence-corrected chi connectivity index (χ4v) is 1.28. The fourth-order valence-electron chi connectivity index (χ4n) is 1.28. The van der Waals surface area contributed by atoms with Crippen LogP contribution >= 0.6 is 0 Å². The molecule has 0 heterocycles. The molecule has 0 unspecified atom stereocenters. The predicted molar refractivity (Wildman–Crippen MR) is 62.3 cm³/mol. The number of hydrogen-bond acceptors (Lipinski definition) is 5. The van der Waals surface area contributed by atoms with Gasteiger partial charge in [0.2, 0.25) is 5.91 Å². The van der Waals surface area contributed by atoms with Crippen molar-refractivity contribution in [3.8, 4) is 0 Å². The van der Waals surface area contributed by atoms with Crippen LogP contribution in [0.15, 0.2) is 0 Å². The van der Waals surface area contributed by atoms with Crippen LogP contribution in [0.3, 0.4) is 0 Å². The van der Waals surface area contributed by atoms with Crippen molar-refractivity contribution in [3.63, 3.8) is 0 Å². The Labute approximate surface area is 109 Å². The largest absolute Gasteiger partial charge is 0.481 e. The molecular formula is C11H17NO7. The highest BCUT2D eigenvalue weighted by Gasteiger charge is 2.17. The molecule has 0 aromatic heterocycles. The molecule has 0 aromatic carbocycles.